The van der Waals surface area contributed by atoms with Crippen LogP contribution in [0.15, 0.2) is 12.3 Å². The Hall–Kier alpha value is -0.910. The van der Waals surface area contributed by atoms with Crippen molar-refractivity contribution in [1.82, 2.24) is 15.1 Å². The van der Waals surface area contributed by atoms with E-state index < -0.39 is 0 Å². The zero-order valence-electron chi connectivity index (χ0n) is 10.0. The molecule has 5 nitrogen and oxygen atoms in total. The normalized spacial score (nSPS) is 12.9. The summed E-state index contributed by atoms with van der Waals surface area (Å²) in [6.45, 7) is 2.12. The summed E-state index contributed by atoms with van der Waals surface area (Å²) in [6, 6.07) is 2.02. The summed E-state index contributed by atoms with van der Waals surface area (Å²) in [5.41, 5.74) is 1.21. The third-order valence-corrected chi connectivity index (χ3v) is 2.49. The van der Waals surface area contributed by atoms with Crippen molar-refractivity contribution in [3.63, 3.8) is 0 Å². The first kappa shape index (κ1) is 13.2. The lowest BCUT2D eigenvalue weighted by Crippen LogP contribution is -2.25. The van der Waals surface area contributed by atoms with Gasteiger partial charge in [0, 0.05) is 39.0 Å². The van der Waals surface area contributed by atoms with Crippen LogP contribution in [0.5, 0.6) is 0 Å². The third-order valence-electron chi connectivity index (χ3n) is 2.49. The van der Waals surface area contributed by atoms with Crippen LogP contribution in [0.25, 0.3) is 0 Å². The lowest BCUT2D eigenvalue weighted by Gasteiger charge is -2.09. The Morgan fingerprint density at radius 1 is 1.56 bits per heavy atom. The summed E-state index contributed by atoms with van der Waals surface area (Å²) in [5, 5.41) is 16.8. The minimum atomic E-state index is -0.366. The maximum absolute atomic E-state index is 9.40. The van der Waals surface area contributed by atoms with Crippen molar-refractivity contribution in [3.05, 3.63) is 18.0 Å². The zero-order valence-corrected chi connectivity index (χ0v) is 10.0. The minimum absolute atomic E-state index is 0.366. The van der Waals surface area contributed by atoms with Crippen molar-refractivity contribution in [1.29, 1.82) is 0 Å². The van der Waals surface area contributed by atoms with Gasteiger partial charge in [0.05, 0.1) is 12.7 Å². The van der Waals surface area contributed by atoms with E-state index in [9.17, 15) is 5.11 Å². The van der Waals surface area contributed by atoms with Crippen molar-refractivity contribution in [2.75, 3.05) is 26.8 Å². The number of hydrogen-bond acceptors (Lipinski definition) is 4. The fraction of sp³-hybridized carbons (Fsp3) is 0.727. The maximum Gasteiger partial charge on any atom is 0.0785 e. The van der Waals surface area contributed by atoms with Gasteiger partial charge >= 0.3 is 0 Å². The number of methoxy groups -OCH3 is 1. The lowest BCUT2D eigenvalue weighted by atomic mass is 10.2. The van der Waals surface area contributed by atoms with Crippen molar-refractivity contribution < 1.29 is 9.84 Å². The molecule has 0 radical (unpaired) electrons. The summed E-state index contributed by atoms with van der Waals surface area (Å²) >= 11 is 0. The summed E-state index contributed by atoms with van der Waals surface area (Å²) in [6.07, 6.45) is 3.11. The molecule has 1 aromatic rings. The Bertz CT molecular complexity index is 289. The molecule has 0 aliphatic heterocycles. The Kier molecular flexibility index (Phi) is 6.07. The van der Waals surface area contributed by atoms with Gasteiger partial charge in [-0.1, -0.05) is 0 Å². The second kappa shape index (κ2) is 7.38. The van der Waals surface area contributed by atoms with E-state index in [1.165, 1.54) is 5.69 Å². The van der Waals surface area contributed by atoms with Crippen LogP contribution in [0.3, 0.4) is 0 Å². The number of nitrogens with one attached hydrogen (secondary N) is 1. The predicted molar refractivity (Wildman–Crippen MR) is 62.3 cm³/mol. The lowest BCUT2D eigenvalue weighted by molar-refractivity contribution is 0.0595. The molecule has 1 heterocycles. The second-order valence-electron chi connectivity index (χ2n) is 3.84. The van der Waals surface area contributed by atoms with E-state index >= 15 is 0 Å². The number of nitrogens with zero attached hydrogens (tertiary/aromatic N) is 2. The van der Waals surface area contributed by atoms with Gasteiger partial charge < -0.3 is 15.2 Å². The number of ether oxygens (including phenoxy) is 1. The van der Waals surface area contributed by atoms with Crippen LogP contribution in [0.1, 0.15) is 12.1 Å². The molecule has 0 aliphatic rings. The molecule has 0 spiro atoms. The van der Waals surface area contributed by atoms with Gasteiger partial charge in [0.2, 0.25) is 0 Å². The molecule has 0 saturated heterocycles. The molecule has 0 aromatic carbocycles. The van der Waals surface area contributed by atoms with Gasteiger partial charge in [-0.05, 0) is 19.0 Å². The average molecular weight is 227 g/mol. The molecule has 1 aromatic heterocycles. The van der Waals surface area contributed by atoms with Gasteiger partial charge in [-0.2, -0.15) is 5.10 Å². The van der Waals surface area contributed by atoms with Crippen LogP contribution < -0.4 is 5.32 Å². The van der Waals surface area contributed by atoms with Crippen molar-refractivity contribution >= 4 is 0 Å². The Labute approximate surface area is 96.4 Å². The first-order valence-electron chi connectivity index (χ1n) is 5.58. The number of aliphatic hydroxyl groups excluding tert-OH is 1. The SMILES string of the molecule is COCC(O)CCNCCc1ccnn1C. The molecular weight excluding hydrogens is 206 g/mol. The van der Waals surface area contributed by atoms with Crippen LogP contribution in [0.2, 0.25) is 0 Å². The quantitative estimate of drug-likeness (QED) is 0.611. The molecule has 1 atom stereocenters. The van der Waals surface area contributed by atoms with Crippen LogP contribution in [0.4, 0.5) is 0 Å². The Morgan fingerprint density at radius 3 is 3.00 bits per heavy atom. The van der Waals surface area contributed by atoms with E-state index in [0.717, 1.165) is 25.9 Å². The maximum atomic E-state index is 9.40. The molecule has 1 unspecified atom stereocenters. The van der Waals surface area contributed by atoms with Crippen molar-refractivity contribution in [2.24, 2.45) is 7.05 Å². The number of rotatable bonds is 8. The third kappa shape index (κ3) is 4.74. The summed E-state index contributed by atoms with van der Waals surface area (Å²) < 4.78 is 6.72. The number of aromatic nitrogens is 2. The predicted octanol–water partition coefficient (Wildman–Crippen LogP) is -0.0504. The summed E-state index contributed by atoms with van der Waals surface area (Å²) in [5.74, 6) is 0. The molecule has 0 fully saturated rings. The van der Waals surface area contributed by atoms with Crippen molar-refractivity contribution in [3.8, 4) is 0 Å². The van der Waals surface area contributed by atoms with Crippen LogP contribution >= 0.6 is 0 Å². The zero-order chi connectivity index (χ0) is 11.8. The molecule has 5 heteroatoms. The van der Waals surface area contributed by atoms with Crippen molar-refractivity contribution in [2.45, 2.75) is 18.9 Å². The minimum Gasteiger partial charge on any atom is -0.391 e. The van der Waals surface area contributed by atoms with E-state index in [-0.39, 0.29) is 6.10 Å². The van der Waals surface area contributed by atoms with E-state index in [0.29, 0.717) is 6.61 Å². The molecule has 1 rings (SSSR count). The first-order valence-corrected chi connectivity index (χ1v) is 5.58. The molecule has 0 bridgehead atoms. The highest BCUT2D eigenvalue weighted by atomic mass is 16.5. The van der Waals surface area contributed by atoms with Crippen LogP contribution in [-0.4, -0.2) is 47.8 Å². The molecule has 92 valence electrons. The molecule has 16 heavy (non-hydrogen) atoms. The summed E-state index contributed by atoms with van der Waals surface area (Å²) in [4.78, 5) is 0. The van der Waals surface area contributed by atoms with Crippen LogP contribution in [-0.2, 0) is 18.2 Å². The largest absolute Gasteiger partial charge is 0.391 e. The summed E-state index contributed by atoms with van der Waals surface area (Å²) in [7, 11) is 3.54. The van der Waals surface area contributed by atoms with E-state index in [2.05, 4.69) is 10.4 Å². The molecular formula is C11H21N3O2. The molecule has 0 saturated carbocycles. The number of hydrogen-bond donors (Lipinski definition) is 2. The highest BCUT2D eigenvalue weighted by Gasteiger charge is 2.02. The highest BCUT2D eigenvalue weighted by Crippen LogP contribution is 1.96. The number of aliphatic hydroxyl groups is 1. The molecule has 2 N–H and O–H groups in total. The van der Waals surface area contributed by atoms with E-state index in [4.69, 9.17) is 4.74 Å². The van der Waals surface area contributed by atoms with Gasteiger partial charge in [0.25, 0.3) is 0 Å². The molecule has 0 aliphatic carbocycles. The fourth-order valence-electron chi connectivity index (χ4n) is 1.53. The molecule has 0 amide bonds. The topological polar surface area (TPSA) is 59.3 Å². The smallest absolute Gasteiger partial charge is 0.0785 e. The van der Waals surface area contributed by atoms with Gasteiger partial charge in [0.1, 0.15) is 0 Å². The second-order valence-corrected chi connectivity index (χ2v) is 3.84. The Morgan fingerprint density at radius 2 is 2.38 bits per heavy atom. The Balaban J connectivity index is 2.02. The van der Waals surface area contributed by atoms with Gasteiger partial charge in [0.15, 0.2) is 0 Å². The first-order chi connectivity index (χ1) is 7.74. The highest BCUT2D eigenvalue weighted by molar-refractivity contribution is 5.00. The van der Waals surface area contributed by atoms with Gasteiger partial charge in [-0.15, -0.1) is 0 Å². The number of aryl methyl sites for hydroxylation is 1. The monoisotopic (exact) mass is 227 g/mol. The average Bonchev–Trinajstić information content (AvgIpc) is 2.64. The van der Waals surface area contributed by atoms with E-state index in [1.54, 1.807) is 13.3 Å². The fourth-order valence-corrected chi connectivity index (χ4v) is 1.53. The van der Waals surface area contributed by atoms with Crippen LogP contribution in [0, 0.1) is 0 Å². The van der Waals surface area contributed by atoms with E-state index in [1.807, 2.05) is 17.8 Å². The van der Waals surface area contributed by atoms with Gasteiger partial charge in [-0.3, -0.25) is 4.68 Å². The van der Waals surface area contributed by atoms with Gasteiger partial charge in [-0.25, -0.2) is 0 Å². The standard InChI is InChI=1S/C11H21N3O2/c1-14-10(4-8-13-14)3-6-12-7-5-11(15)9-16-2/h4,8,11-12,15H,3,5-7,9H2,1-2H3.